The third kappa shape index (κ3) is 2.26. The van der Waals surface area contributed by atoms with Crippen molar-refractivity contribution in [2.24, 2.45) is 0 Å². The van der Waals surface area contributed by atoms with E-state index in [1.165, 1.54) is 0 Å². The summed E-state index contributed by atoms with van der Waals surface area (Å²) in [6.07, 6.45) is -0.664. The molecule has 1 aromatic rings. The van der Waals surface area contributed by atoms with E-state index in [9.17, 15) is 25.0 Å². The van der Waals surface area contributed by atoms with Gasteiger partial charge in [0.1, 0.15) is 23.6 Å². The monoisotopic (exact) mass is 260 g/mol. The van der Waals surface area contributed by atoms with Crippen molar-refractivity contribution in [2.75, 3.05) is 6.35 Å². The fourth-order valence-electron chi connectivity index (χ4n) is 1.58. The van der Waals surface area contributed by atoms with Crippen molar-refractivity contribution in [2.45, 2.75) is 25.9 Å². The molecule has 0 radical (unpaired) electrons. The van der Waals surface area contributed by atoms with Crippen LogP contribution >= 0.6 is 7.14 Å². The first-order valence-electron chi connectivity index (χ1n) is 5.09. The molecule has 0 saturated heterocycles. The van der Waals surface area contributed by atoms with E-state index < -0.39 is 30.1 Å². The average Bonchev–Trinajstić information content (AvgIpc) is 2.13. The fourth-order valence-corrected chi connectivity index (χ4v) is 3.68. The van der Waals surface area contributed by atoms with Gasteiger partial charge in [-0.3, -0.25) is 0 Å². The summed E-state index contributed by atoms with van der Waals surface area (Å²) in [6, 6.07) is 1.98. The van der Waals surface area contributed by atoms with Gasteiger partial charge < -0.3 is 25.0 Å². The zero-order valence-corrected chi connectivity index (χ0v) is 10.9. The van der Waals surface area contributed by atoms with Crippen molar-refractivity contribution in [3.8, 4) is 17.2 Å². The number of benzene rings is 1. The maximum absolute atomic E-state index is 12.7. The van der Waals surface area contributed by atoms with Gasteiger partial charge in [0.05, 0.1) is 5.30 Å². The van der Waals surface area contributed by atoms with Gasteiger partial charge in [-0.2, -0.15) is 0 Å². The van der Waals surface area contributed by atoms with Crippen molar-refractivity contribution in [1.82, 2.24) is 0 Å². The Balaban J connectivity index is 3.58. The van der Waals surface area contributed by atoms with Crippen LogP contribution in [0.5, 0.6) is 17.2 Å². The number of hydrogen-bond donors (Lipinski definition) is 4. The van der Waals surface area contributed by atoms with Crippen LogP contribution in [0.15, 0.2) is 12.1 Å². The maximum Gasteiger partial charge on any atom is 0.152 e. The first-order chi connectivity index (χ1) is 7.63. The molecule has 5 nitrogen and oxygen atoms in total. The molecule has 17 heavy (non-hydrogen) atoms. The number of aromatic hydroxyl groups is 3. The molecule has 0 amide bonds. The van der Waals surface area contributed by atoms with Gasteiger partial charge in [0.2, 0.25) is 0 Å². The predicted octanol–water partition coefficient (Wildman–Crippen LogP) is 1.54. The van der Waals surface area contributed by atoms with Gasteiger partial charge in [0.25, 0.3) is 0 Å². The van der Waals surface area contributed by atoms with E-state index in [4.69, 9.17) is 0 Å². The van der Waals surface area contributed by atoms with E-state index in [-0.39, 0.29) is 11.1 Å². The van der Waals surface area contributed by atoms with Gasteiger partial charge in [-0.25, -0.2) is 0 Å². The highest BCUT2D eigenvalue weighted by atomic mass is 31.2. The van der Waals surface area contributed by atoms with Crippen LogP contribution in [0.3, 0.4) is 0 Å². The van der Waals surface area contributed by atoms with Crippen molar-refractivity contribution in [3.05, 3.63) is 12.1 Å². The number of hydrogen-bond acceptors (Lipinski definition) is 5. The largest absolute Gasteiger partial charge is 0.508 e. The van der Waals surface area contributed by atoms with E-state index in [0.29, 0.717) is 0 Å². The molecule has 0 saturated carbocycles. The second-order valence-electron chi connectivity index (χ2n) is 4.88. The van der Waals surface area contributed by atoms with Crippen LogP contribution in [0.4, 0.5) is 0 Å². The molecule has 1 atom stereocenters. The van der Waals surface area contributed by atoms with Gasteiger partial charge in [-0.15, -0.1) is 0 Å². The minimum atomic E-state index is -3.39. The molecule has 0 aliphatic rings. The van der Waals surface area contributed by atoms with Crippen LogP contribution < -0.4 is 5.30 Å². The summed E-state index contributed by atoms with van der Waals surface area (Å²) >= 11 is 0. The smallest absolute Gasteiger partial charge is 0.152 e. The van der Waals surface area contributed by atoms with Crippen molar-refractivity contribution in [3.63, 3.8) is 0 Å². The summed E-state index contributed by atoms with van der Waals surface area (Å²) < 4.78 is 12.7. The molecule has 0 aromatic heterocycles. The fraction of sp³-hybridized carbons (Fsp3) is 0.455. The first-order valence-corrected chi connectivity index (χ1v) is 6.98. The highest BCUT2D eigenvalue weighted by Gasteiger charge is 2.41. The molecule has 96 valence electrons. The number of aliphatic hydroxyl groups excluding tert-OH is 1. The van der Waals surface area contributed by atoms with Gasteiger partial charge in [0.15, 0.2) is 7.14 Å². The Bertz CT molecular complexity index is 452. The Kier molecular flexibility index (Phi) is 3.46. The lowest BCUT2D eigenvalue weighted by Crippen LogP contribution is -2.25. The molecular weight excluding hydrogens is 243 g/mol. The van der Waals surface area contributed by atoms with Crippen LogP contribution in [0, 0.1) is 0 Å². The molecule has 6 heteroatoms. The Labute approximate surface area is 99.7 Å². The maximum atomic E-state index is 12.7. The van der Waals surface area contributed by atoms with Crippen molar-refractivity contribution < 1.29 is 25.0 Å². The Hall–Kier alpha value is -1.19. The van der Waals surface area contributed by atoms with Crippen LogP contribution in [0.1, 0.15) is 20.8 Å². The zero-order valence-electron chi connectivity index (χ0n) is 10.0. The normalized spacial score (nSPS) is 15.5. The summed E-state index contributed by atoms with van der Waals surface area (Å²) in [5.41, 5.74) is 0. The SMILES string of the molecule is CC(C)(C)P(=O)(CO)c1c(O)cc(O)cc1O. The van der Waals surface area contributed by atoms with E-state index in [1.807, 2.05) is 0 Å². The molecule has 0 spiro atoms. The lowest BCUT2D eigenvalue weighted by Gasteiger charge is -2.30. The first kappa shape index (κ1) is 13.9. The standard InChI is InChI=1S/C11H17O5P/c1-11(2,3)17(16,6-12)10-8(14)4-7(13)5-9(10)15/h4-5,12-15H,6H2,1-3H3. The average molecular weight is 260 g/mol. The molecule has 1 unspecified atom stereocenters. The summed E-state index contributed by atoms with van der Waals surface area (Å²) in [5.74, 6) is -1.29. The minimum absolute atomic E-state index is 0.190. The second kappa shape index (κ2) is 4.24. The molecule has 0 heterocycles. The Morgan fingerprint density at radius 1 is 1.12 bits per heavy atom. The molecule has 1 rings (SSSR count). The Morgan fingerprint density at radius 3 is 1.82 bits per heavy atom. The third-order valence-corrected chi connectivity index (χ3v) is 6.44. The molecule has 0 aliphatic carbocycles. The van der Waals surface area contributed by atoms with Gasteiger partial charge in [0, 0.05) is 17.3 Å². The highest BCUT2D eigenvalue weighted by Crippen LogP contribution is 2.59. The van der Waals surface area contributed by atoms with E-state index >= 15 is 0 Å². The lowest BCUT2D eigenvalue weighted by molar-refractivity contribution is 0.353. The van der Waals surface area contributed by atoms with E-state index in [2.05, 4.69) is 0 Å². The van der Waals surface area contributed by atoms with Crippen LogP contribution in [0.25, 0.3) is 0 Å². The summed E-state index contributed by atoms with van der Waals surface area (Å²) in [7, 11) is -3.39. The van der Waals surface area contributed by atoms with Crippen molar-refractivity contribution >= 4 is 12.4 Å². The molecule has 0 aliphatic heterocycles. The molecular formula is C11H17O5P. The number of aliphatic hydroxyl groups is 1. The minimum Gasteiger partial charge on any atom is -0.508 e. The molecule has 0 fully saturated rings. The third-order valence-electron chi connectivity index (χ3n) is 2.70. The Morgan fingerprint density at radius 2 is 1.53 bits per heavy atom. The highest BCUT2D eigenvalue weighted by molar-refractivity contribution is 7.73. The van der Waals surface area contributed by atoms with Crippen LogP contribution in [-0.4, -0.2) is 31.9 Å². The zero-order chi connectivity index (χ0) is 13.4. The van der Waals surface area contributed by atoms with Crippen LogP contribution in [0.2, 0.25) is 0 Å². The van der Waals surface area contributed by atoms with E-state index in [1.54, 1.807) is 20.8 Å². The van der Waals surface area contributed by atoms with Gasteiger partial charge in [-0.1, -0.05) is 20.8 Å². The quantitative estimate of drug-likeness (QED) is 0.605. The predicted molar refractivity (Wildman–Crippen MR) is 65.5 cm³/mol. The molecule has 0 bridgehead atoms. The molecule has 4 N–H and O–H groups in total. The number of rotatable bonds is 2. The summed E-state index contributed by atoms with van der Waals surface area (Å²) in [6.45, 7) is 4.95. The van der Waals surface area contributed by atoms with Crippen molar-refractivity contribution in [1.29, 1.82) is 0 Å². The van der Waals surface area contributed by atoms with Gasteiger partial charge in [-0.05, 0) is 0 Å². The summed E-state index contributed by atoms with van der Waals surface area (Å²) in [5, 5.41) is 36.9. The number of phenolic OH excluding ortho intramolecular Hbond substituents is 3. The topological polar surface area (TPSA) is 98.0 Å². The lowest BCUT2D eigenvalue weighted by atomic mass is 10.2. The van der Waals surface area contributed by atoms with Gasteiger partial charge >= 0.3 is 0 Å². The molecule has 1 aromatic carbocycles. The summed E-state index contributed by atoms with van der Waals surface area (Å²) in [4.78, 5) is 0. The van der Waals surface area contributed by atoms with Crippen LogP contribution in [-0.2, 0) is 4.57 Å². The van der Waals surface area contributed by atoms with E-state index in [0.717, 1.165) is 12.1 Å². The second-order valence-corrected chi connectivity index (χ2v) is 8.44. The number of phenols is 3.